The molecule has 0 bridgehead atoms. The molecule has 0 atom stereocenters. The van der Waals surface area contributed by atoms with Gasteiger partial charge in [0, 0.05) is 104 Å². The van der Waals surface area contributed by atoms with E-state index in [0.717, 1.165) is 61.0 Å². The van der Waals surface area contributed by atoms with Gasteiger partial charge < -0.3 is 14.1 Å². The summed E-state index contributed by atoms with van der Waals surface area (Å²) in [7, 11) is 0. The molecule has 0 fully saturated rings. The number of H-pyrrole nitrogens is 1. The lowest BCUT2D eigenvalue weighted by molar-refractivity contribution is 0.666. The molecule has 2 aliphatic carbocycles. The molecule has 0 saturated heterocycles. The molecule has 0 saturated carbocycles. The first-order valence-corrected chi connectivity index (χ1v) is 36.0. The Kier molecular flexibility index (Phi) is 13.6. The summed E-state index contributed by atoms with van der Waals surface area (Å²) in [5.74, 6) is 0.671. The molecule has 0 aliphatic heterocycles. The molecule has 1 N–H and O–H groups in total. The zero-order chi connectivity index (χ0) is 68.8. The Labute approximate surface area is 602 Å². The number of hydrogen-bond acceptors (Lipinski definition) is 4. The maximum atomic E-state index is 5.48. The van der Waals surface area contributed by atoms with E-state index >= 15 is 0 Å². The lowest BCUT2D eigenvalue weighted by atomic mass is 9.80. The smallest absolute Gasteiger partial charge is 0.235 e. The summed E-state index contributed by atoms with van der Waals surface area (Å²) in [6.45, 7) is 9.57. The molecule has 0 radical (unpaired) electrons. The van der Waals surface area contributed by atoms with Crippen molar-refractivity contribution in [2.24, 2.45) is 0 Å². The lowest BCUT2D eigenvalue weighted by Gasteiger charge is -2.23. The second-order valence-electron chi connectivity index (χ2n) is 28.1. The molecule has 6 aromatic heterocycles. The van der Waals surface area contributed by atoms with Crippen molar-refractivity contribution in [2.45, 2.75) is 38.5 Å². The topological polar surface area (TPSA) is 82.1 Å². The number of halogens is 1. The fourth-order valence-electron chi connectivity index (χ4n) is 17.5. The average Bonchev–Trinajstić information content (AvgIpc) is 1.51. The third kappa shape index (κ3) is 9.01. The van der Waals surface area contributed by atoms with E-state index in [1.165, 1.54) is 126 Å². The summed E-state index contributed by atoms with van der Waals surface area (Å²) in [4.78, 5) is 23.6. The summed E-state index contributed by atoms with van der Waals surface area (Å²) < 4.78 is 7.94. The maximum absolute atomic E-state index is 5.48. The van der Waals surface area contributed by atoms with Crippen molar-refractivity contribution in [3.05, 3.63) is 342 Å². The highest BCUT2D eigenvalue weighted by molar-refractivity contribution is 9.10. The number of fused-ring (bicyclic) bond motifs is 26. The van der Waals surface area contributed by atoms with Crippen LogP contribution in [0.3, 0.4) is 0 Å². The van der Waals surface area contributed by atoms with Crippen molar-refractivity contribution >= 4 is 125 Å². The van der Waals surface area contributed by atoms with E-state index < -0.39 is 0 Å². The number of hydrogen-bond donors (Lipinski definition) is 1. The fourth-order valence-corrected chi connectivity index (χ4v) is 17.9. The van der Waals surface area contributed by atoms with Crippen molar-refractivity contribution in [3.63, 3.8) is 0 Å². The molecule has 22 rings (SSSR count). The van der Waals surface area contributed by atoms with Crippen LogP contribution in [0.5, 0.6) is 0 Å². The zero-order valence-corrected chi connectivity index (χ0v) is 58.6. The lowest BCUT2D eigenvalue weighted by Crippen LogP contribution is -2.15. The Morgan fingerprint density at radius 3 is 1.24 bits per heavy atom. The minimum atomic E-state index is -0.259. The summed E-state index contributed by atoms with van der Waals surface area (Å²) >= 11 is 3.36. The van der Waals surface area contributed by atoms with E-state index in [9.17, 15) is 0 Å². The SMILES string of the molecule is Brc1nc(-c2ccccc2)c2ccccc2n1.CC1(C)c2ccccc2-c2c1c1c3ccccc3[nH]c1c1c3ccccc3n(-c3ccccc3)c21.CC1(C)c2ccccc2-c2c1c1c3ccccc3n(-c3nc(-c4ccccc4)c4ccccc4n3)c1c1c3ccccc3n(-c3ccccc3)c21. The van der Waals surface area contributed by atoms with Crippen LogP contribution in [-0.2, 0) is 10.8 Å². The van der Waals surface area contributed by atoms with Gasteiger partial charge in [0.05, 0.1) is 61.0 Å². The molecule has 2 aliphatic rings. The van der Waals surface area contributed by atoms with E-state index in [1.807, 2.05) is 42.5 Å². The van der Waals surface area contributed by atoms with Crippen LogP contribution in [0.25, 0.3) is 171 Å². The third-order valence-corrected chi connectivity index (χ3v) is 22.1. The van der Waals surface area contributed by atoms with E-state index in [0.29, 0.717) is 10.7 Å². The van der Waals surface area contributed by atoms with E-state index in [2.05, 4.69) is 345 Å². The Hall–Kier alpha value is -12.6. The van der Waals surface area contributed by atoms with Gasteiger partial charge in [-0.3, -0.25) is 4.57 Å². The summed E-state index contributed by atoms with van der Waals surface area (Å²) in [6.07, 6.45) is 0. The molecule has 0 spiro atoms. The zero-order valence-electron chi connectivity index (χ0n) is 57.0. The average molecular weight is 1390 g/mol. The molecular weight excluding hydrogens is 1320 g/mol. The second kappa shape index (κ2) is 23.3. The van der Waals surface area contributed by atoms with Crippen molar-refractivity contribution < 1.29 is 0 Å². The Morgan fingerprint density at radius 1 is 0.311 bits per heavy atom. The monoisotopic (exact) mass is 1380 g/mol. The number of benzene rings is 14. The maximum Gasteiger partial charge on any atom is 0.235 e. The van der Waals surface area contributed by atoms with Gasteiger partial charge in [-0.05, 0) is 110 Å². The Balaban J connectivity index is 0.000000117. The molecule has 20 aromatic rings. The van der Waals surface area contributed by atoms with Crippen molar-refractivity contribution in [3.8, 4) is 62.1 Å². The standard InChI is InChI=1S/C47H32N4.C33H24N2.C14H9BrN2/c1-47(2)35-25-13-9-21-31(35)39-42(47)40-33-23-11-16-28-38(33)51(46-48-36-26-14-10-22-32(36)43(49-46)29-17-5-3-6-18-29)45(40)41-34-24-12-15-27-37(34)50(44(39)41)30-19-7-4-8-20-30;1-33(2)24-17-9-6-14-21(24)28-30(33)27-22-15-7-10-18-25(22)34-31(27)29-23-16-8-11-19-26(23)35(32(28)29)20-12-4-3-5-13-20;15-14-16-12-9-5-4-8-11(12)13(17-14)10-6-2-1-3-7-10/h3-28H,1-2H3;3-19,34H,1-2H3;1-9H. The normalized spacial score (nSPS) is 13.3. The van der Waals surface area contributed by atoms with E-state index in [-0.39, 0.29) is 10.8 Å². The molecule has 14 aromatic carbocycles. The van der Waals surface area contributed by atoms with Crippen LogP contribution in [0.1, 0.15) is 49.9 Å². The Bertz CT molecular complexity index is 6860. The third-order valence-electron chi connectivity index (χ3n) is 21.8. The van der Waals surface area contributed by atoms with E-state index in [4.69, 9.17) is 9.97 Å². The molecular formula is C94H65BrN8. The van der Waals surface area contributed by atoms with Gasteiger partial charge in [0.15, 0.2) is 4.73 Å². The molecule has 6 heterocycles. The highest BCUT2D eigenvalue weighted by Crippen LogP contribution is 2.60. The van der Waals surface area contributed by atoms with Crippen molar-refractivity contribution in [2.75, 3.05) is 0 Å². The van der Waals surface area contributed by atoms with Crippen LogP contribution in [0.2, 0.25) is 0 Å². The summed E-state index contributed by atoms with van der Waals surface area (Å²) in [5, 5.41) is 12.3. The highest BCUT2D eigenvalue weighted by atomic mass is 79.9. The number of nitrogens with one attached hydrogen (secondary N) is 1. The molecule has 0 unspecified atom stereocenters. The summed E-state index contributed by atoms with van der Waals surface area (Å²) in [6, 6.07) is 112. The molecule has 488 valence electrons. The van der Waals surface area contributed by atoms with Crippen LogP contribution in [0.4, 0.5) is 0 Å². The number of aromatic nitrogens is 8. The van der Waals surface area contributed by atoms with Gasteiger partial charge in [-0.1, -0.05) is 282 Å². The first kappa shape index (κ1) is 60.4. The Morgan fingerprint density at radius 2 is 0.699 bits per heavy atom. The van der Waals surface area contributed by atoms with Gasteiger partial charge >= 0.3 is 0 Å². The van der Waals surface area contributed by atoms with Gasteiger partial charge in [0.25, 0.3) is 0 Å². The quantitative estimate of drug-likeness (QED) is 0.174. The van der Waals surface area contributed by atoms with Crippen molar-refractivity contribution in [1.29, 1.82) is 0 Å². The predicted octanol–water partition coefficient (Wildman–Crippen LogP) is 24.6. The van der Waals surface area contributed by atoms with Crippen LogP contribution < -0.4 is 0 Å². The van der Waals surface area contributed by atoms with Crippen molar-refractivity contribution in [1.82, 2.24) is 38.6 Å². The summed E-state index contributed by atoms with van der Waals surface area (Å²) in [5.41, 5.74) is 28.4. The molecule has 8 nitrogen and oxygen atoms in total. The van der Waals surface area contributed by atoms with Crippen LogP contribution in [-0.4, -0.2) is 38.6 Å². The van der Waals surface area contributed by atoms with Crippen LogP contribution in [0, 0.1) is 0 Å². The number of rotatable bonds is 5. The molecule has 103 heavy (non-hydrogen) atoms. The first-order valence-electron chi connectivity index (χ1n) is 35.3. The minimum Gasteiger partial charge on any atom is -0.354 e. The second-order valence-corrected chi connectivity index (χ2v) is 28.9. The minimum absolute atomic E-state index is 0.110. The highest BCUT2D eigenvalue weighted by Gasteiger charge is 2.43. The molecule has 9 heteroatoms. The fraction of sp³-hybridized carbons (Fsp3) is 0.0638. The predicted molar refractivity (Wildman–Crippen MR) is 432 cm³/mol. The van der Waals surface area contributed by atoms with Gasteiger partial charge in [-0.15, -0.1) is 0 Å². The number of nitrogens with zero attached hydrogens (tertiary/aromatic N) is 7. The van der Waals surface area contributed by atoms with Crippen LogP contribution in [0.15, 0.2) is 320 Å². The molecule has 0 amide bonds. The van der Waals surface area contributed by atoms with Gasteiger partial charge in [-0.25, -0.2) is 19.9 Å². The first-order chi connectivity index (χ1) is 50.6. The van der Waals surface area contributed by atoms with Gasteiger partial charge in [0.2, 0.25) is 5.95 Å². The van der Waals surface area contributed by atoms with Gasteiger partial charge in [0.1, 0.15) is 0 Å². The number of aromatic amines is 1. The van der Waals surface area contributed by atoms with Crippen LogP contribution >= 0.6 is 15.9 Å². The largest absolute Gasteiger partial charge is 0.354 e. The number of para-hydroxylation sites is 8. The van der Waals surface area contributed by atoms with Gasteiger partial charge in [-0.2, -0.15) is 0 Å². The van der Waals surface area contributed by atoms with E-state index in [1.54, 1.807) is 0 Å².